The number of rotatable bonds is 2. The van der Waals surface area contributed by atoms with Gasteiger partial charge in [0.05, 0.1) is 12.7 Å². The SMILES string of the molecule is Cc1cc(C(O)C(C)(C)N)cc2c1OCCCC2. The topological polar surface area (TPSA) is 55.5 Å². The molecule has 1 aliphatic heterocycles. The Labute approximate surface area is 109 Å². The van der Waals surface area contributed by atoms with Gasteiger partial charge in [-0.2, -0.15) is 0 Å². The van der Waals surface area contributed by atoms with Gasteiger partial charge in [-0.15, -0.1) is 0 Å². The number of hydrogen-bond donors (Lipinski definition) is 2. The van der Waals surface area contributed by atoms with Crippen molar-refractivity contribution >= 4 is 0 Å². The van der Waals surface area contributed by atoms with Gasteiger partial charge in [0.2, 0.25) is 0 Å². The largest absolute Gasteiger partial charge is 0.493 e. The van der Waals surface area contributed by atoms with Crippen LogP contribution in [0.2, 0.25) is 0 Å². The molecular formula is C15H23NO2. The molecule has 0 bridgehead atoms. The van der Waals surface area contributed by atoms with Crippen LogP contribution in [0.5, 0.6) is 5.75 Å². The highest BCUT2D eigenvalue weighted by atomic mass is 16.5. The molecule has 1 aliphatic rings. The van der Waals surface area contributed by atoms with E-state index in [1.807, 2.05) is 32.9 Å². The van der Waals surface area contributed by atoms with Gasteiger partial charge in [0.1, 0.15) is 5.75 Å². The molecule has 0 saturated carbocycles. The van der Waals surface area contributed by atoms with E-state index in [1.54, 1.807) is 0 Å². The van der Waals surface area contributed by atoms with E-state index in [2.05, 4.69) is 0 Å². The van der Waals surface area contributed by atoms with Crippen molar-refractivity contribution in [2.24, 2.45) is 5.73 Å². The number of aliphatic hydroxyl groups excluding tert-OH is 1. The van der Waals surface area contributed by atoms with Crippen LogP contribution in [-0.4, -0.2) is 17.3 Å². The van der Waals surface area contributed by atoms with Crippen molar-refractivity contribution in [3.63, 3.8) is 0 Å². The first-order chi connectivity index (χ1) is 8.39. The predicted molar refractivity (Wildman–Crippen MR) is 72.8 cm³/mol. The molecule has 1 aromatic rings. The summed E-state index contributed by atoms with van der Waals surface area (Å²) in [6.07, 6.45) is 2.60. The van der Waals surface area contributed by atoms with E-state index >= 15 is 0 Å². The lowest BCUT2D eigenvalue weighted by Crippen LogP contribution is -2.39. The van der Waals surface area contributed by atoms with Crippen molar-refractivity contribution in [1.29, 1.82) is 0 Å². The van der Waals surface area contributed by atoms with Gasteiger partial charge >= 0.3 is 0 Å². The number of fused-ring (bicyclic) bond motifs is 1. The minimum Gasteiger partial charge on any atom is -0.493 e. The van der Waals surface area contributed by atoms with E-state index in [0.29, 0.717) is 0 Å². The second-order valence-electron chi connectivity index (χ2n) is 5.86. The lowest BCUT2D eigenvalue weighted by atomic mass is 9.89. The normalized spacial score (nSPS) is 17.6. The first kappa shape index (κ1) is 13.4. The van der Waals surface area contributed by atoms with Gasteiger partial charge in [-0.1, -0.05) is 0 Å². The molecular weight excluding hydrogens is 226 g/mol. The van der Waals surface area contributed by atoms with E-state index in [4.69, 9.17) is 10.5 Å². The van der Waals surface area contributed by atoms with Crippen molar-refractivity contribution in [3.05, 3.63) is 28.8 Å². The van der Waals surface area contributed by atoms with E-state index in [0.717, 1.165) is 42.7 Å². The monoisotopic (exact) mass is 249 g/mol. The van der Waals surface area contributed by atoms with Gasteiger partial charge < -0.3 is 15.6 Å². The molecule has 1 atom stereocenters. The second-order valence-corrected chi connectivity index (χ2v) is 5.86. The van der Waals surface area contributed by atoms with Gasteiger partial charge in [-0.05, 0) is 68.9 Å². The number of nitrogens with two attached hydrogens (primary N) is 1. The van der Waals surface area contributed by atoms with Gasteiger partial charge in [0.25, 0.3) is 0 Å². The summed E-state index contributed by atoms with van der Waals surface area (Å²) in [6.45, 7) is 6.51. The molecule has 3 heteroatoms. The molecule has 0 spiro atoms. The molecule has 100 valence electrons. The van der Waals surface area contributed by atoms with E-state index in [9.17, 15) is 5.11 Å². The van der Waals surface area contributed by atoms with Gasteiger partial charge in [-0.25, -0.2) is 0 Å². The van der Waals surface area contributed by atoms with Crippen LogP contribution in [0.15, 0.2) is 12.1 Å². The van der Waals surface area contributed by atoms with Gasteiger partial charge in [0.15, 0.2) is 0 Å². The zero-order chi connectivity index (χ0) is 13.3. The first-order valence-electron chi connectivity index (χ1n) is 6.63. The van der Waals surface area contributed by atoms with Crippen LogP contribution in [0.1, 0.15) is 49.5 Å². The Bertz CT molecular complexity index is 435. The Balaban J connectivity index is 2.40. The Kier molecular flexibility index (Phi) is 3.64. The third-order valence-corrected chi connectivity index (χ3v) is 3.48. The number of benzene rings is 1. The molecule has 1 aromatic carbocycles. The van der Waals surface area contributed by atoms with Crippen LogP contribution < -0.4 is 10.5 Å². The molecule has 0 fully saturated rings. The van der Waals surface area contributed by atoms with Crippen LogP contribution >= 0.6 is 0 Å². The zero-order valence-electron chi connectivity index (χ0n) is 11.5. The average molecular weight is 249 g/mol. The second kappa shape index (κ2) is 4.90. The van der Waals surface area contributed by atoms with Gasteiger partial charge in [0, 0.05) is 5.54 Å². The Hall–Kier alpha value is -1.06. The van der Waals surface area contributed by atoms with Crippen molar-refractivity contribution in [1.82, 2.24) is 0 Å². The van der Waals surface area contributed by atoms with Crippen LogP contribution in [0.3, 0.4) is 0 Å². The highest BCUT2D eigenvalue weighted by molar-refractivity contribution is 5.45. The number of hydrogen-bond acceptors (Lipinski definition) is 3. The van der Waals surface area contributed by atoms with Crippen molar-refractivity contribution < 1.29 is 9.84 Å². The maximum Gasteiger partial charge on any atom is 0.125 e. The van der Waals surface area contributed by atoms with Crippen molar-refractivity contribution in [3.8, 4) is 5.75 Å². The summed E-state index contributed by atoms with van der Waals surface area (Å²) in [5.41, 5.74) is 8.54. The standard InChI is InChI=1S/C15H23NO2/c1-10-8-12(14(17)15(2,3)16)9-11-6-4-5-7-18-13(10)11/h8-9,14,17H,4-7,16H2,1-3H3. The fourth-order valence-electron chi connectivity index (χ4n) is 2.45. The molecule has 0 aliphatic carbocycles. The van der Waals surface area contributed by atoms with Crippen LogP contribution in [0, 0.1) is 6.92 Å². The lowest BCUT2D eigenvalue weighted by Gasteiger charge is -2.27. The summed E-state index contributed by atoms with van der Waals surface area (Å²) in [5.74, 6) is 0.998. The molecule has 3 N–H and O–H groups in total. The average Bonchev–Trinajstić information content (AvgIpc) is 2.52. The third kappa shape index (κ3) is 2.68. The quantitative estimate of drug-likeness (QED) is 0.846. The fourth-order valence-corrected chi connectivity index (χ4v) is 2.45. The van der Waals surface area contributed by atoms with E-state index in [-0.39, 0.29) is 0 Å². The fraction of sp³-hybridized carbons (Fsp3) is 0.600. The van der Waals surface area contributed by atoms with Crippen LogP contribution in [0.25, 0.3) is 0 Å². The maximum absolute atomic E-state index is 10.3. The van der Waals surface area contributed by atoms with Crippen LogP contribution in [0.4, 0.5) is 0 Å². The van der Waals surface area contributed by atoms with Crippen molar-refractivity contribution in [2.45, 2.75) is 51.7 Å². The molecule has 0 aromatic heterocycles. The highest BCUT2D eigenvalue weighted by Gasteiger charge is 2.26. The predicted octanol–water partition coefficient (Wildman–Crippen LogP) is 2.48. The van der Waals surface area contributed by atoms with Crippen LogP contribution in [-0.2, 0) is 6.42 Å². The minimum absolute atomic E-state index is 0.633. The summed E-state index contributed by atoms with van der Waals surface area (Å²) < 4.78 is 5.79. The summed E-state index contributed by atoms with van der Waals surface area (Å²) in [6, 6.07) is 4.04. The number of aliphatic hydroxyl groups is 1. The Morgan fingerprint density at radius 3 is 2.72 bits per heavy atom. The highest BCUT2D eigenvalue weighted by Crippen LogP contribution is 2.33. The summed E-state index contributed by atoms with van der Waals surface area (Å²) in [7, 11) is 0. The Morgan fingerprint density at radius 2 is 2.06 bits per heavy atom. The summed E-state index contributed by atoms with van der Waals surface area (Å²) in [5, 5.41) is 10.3. The van der Waals surface area contributed by atoms with E-state index in [1.165, 1.54) is 5.56 Å². The van der Waals surface area contributed by atoms with Crippen molar-refractivity contribution in [2.75, 3.05) is 6.61 Å². The smallest absolute Gasteiger partial charge is 0.125 e. The molecule has 1 unspecified atom stereocenters. The summed E-state index contributed by atoms with van der Waals surface area (Å²) in [4.78, 5) is 0. The number of aryl methyl sites for hydroxylation is 2. The number of ether oxygens (including phenoxy) is 1. The minimum atomic E-state index is -0.648. The third-order valence-electron chi connectivity index (χ3n) is 3.48. The molecule has 18 heavy (non-hydrogen) atoms. The van der Waals surface area contributed by atoms with Gasteiger partial charge in [-0.3, -0.25) is 0 Å². The maximum atomic E-state index is 10.3. The molecule has 0 radical (unpaired) electrons. The lowest BCUT2D eigenvalue weighted by molar-refractivity contribution is 0.104. The summed E-state index contributed by atoms with van der Waals surface area (Å²) >= 11 is 0. The molecule has 0 saturated heterocycles. The van der Waals surface area contributed by atoms with E-state index < -0.39 is 11.6 Å². The molecule has 1 heterocycles. The first-order valence-corrected chi connectivity index (χ1v) is 6.63. The molecule has 2 rings (SSSR count). The zero-order valence-corrected chi connectivity index (χ0v) is 11.5. The Morgan fingerprint density at radius 1 is 1.33 bits per heavy atom. The molecule has 3 nitrogen and oxygen atoms in total. The molecule has 0 amide bonds.